The second-order valence-corrected chi connectivity index (χ2v) is 7.43. The van der Waals surface area contributed by atoms with Crippen molar-refractivity contribution in [1.29, 1.82) is 5.26 Å². The number of benzene rings is 2. The van der Waals surface area contributed by atoms with Gasteiger partial charge < -0.3 is 9.47 Å². The average molecular weight is 439 g/mol. The van der Waals surface area contributed by atoms with Gasteiger partial charge in [-0.2, -0.15) is 5.26 Å². The lowest BCUT2D eigenvalue weighted by atomic mass is 10.0. The molecule has 0 spiro atoms. The van der Waals surface area contributed by atoms with E-state index in [0.717, 1.165) is 15.0 Å². The van der Waals surface area contributed by atoms with Gasteiger partial charge in [-0.05, 0) is 36.4 Å². The Morgan fingerprint density at radius 3 is 2.89 bits per heavy atom. The molecule has 7 heteroatoms. The molecular formula is C20H11BrN2O3S. The van der Waals surface area contributed by atoms with Crippen molar-refractivity contribution in [2.24, 2.45) is 0 Å². The maximum absolute atomic E-state index is 12.7. The van der Waals surface area contributed by atoms with Crippen LogP contribution in [0.15, 0.2) is 57.9 Å². The van der Waals surface area contributed by atoms with Gasteiger partial charge in [0.05, 0.1) is 5.69 Å². The molecule has 0 N–H and O–H groups in total. The van der Waals surface area contributed by atoms with E-state index in [1.165, 1.54) is 17.4 Å². The molecule has 0 bridgehead atoms. The van der Waals surface area contributed by atoms with Gasteiger partial charge >= 0.3 is 0 Å². The van der Waals surface area contributed by atoms with Gasteiger partial charge in [-0.3, -0.25) is 4.79 Å². The molecule has 27 heavy (non-hydrogen) atoms. The van der Waals surface area contributed by atoms with Crippen LogP contribution < -0.4 is 9.47 Å². The first-order valence-corrected chi connectivity index (χ1v) is 9.59. The van der Waals surface area contributed by atoms with Crippen LogP contribution in [0.5, 0.6) is 11.5 Å². The number of halogens is 1. The van der Waals surface area contributed by atoms with Crippen LogP contribution in [0, 0.1) is 11.3 Å². The predicted octanol–water partition coefficient (Wildman–Crippen LogP) is 5.09. The van der Waals surface area contributed by atoms with Crippen LogP contribution >= 0.6 is 27.3 Å². The van der Waals surface area contributed by atoms with Crippen LogP contribution in [0.1, 0.15) is 16.1 Å². The van der Waals surface area contributed by atoms with E-state index in [9.17, 15) is 10.1 Å². The van der Waals surface area contributed by atoms with Gasteiger partial charge in [0, 0.05) is 21.0 Å². The number of aromatic nitrogens is 1. The summed E-state index contributed by atoms with van der Waals surface area (Å²) >= 11 is 4.90. The van der Waals surface area contributed by atoms with Crippen molar-refractivity contribution in [1.82, 2.24) is 4.98 Å². The molecule has 0 fully saturated rings. The minimum atomic E-state index is -0.382. The van der Waals surface area contributed by atoms with Crippen molar-refractivity contribution < 1.29 is 14.3 Å². The number of carbonyl (C=O) groups is 1. The lowest BCUT2D eigenvalue weighted by molar-refractivity contribution is 0.103. The number of fused-ring (bicyclic) bond motifs is 1. The van der Waals surface area contributed by atoms with E-state index in [1.807, 2.05) is 35.7 Å². The van der Waals surface area contributed by atoms with Crippen LogP contribution in [0.2, 0.25) is 0 Å². The molecule has 5 nitrogen and oxygen atoms in total. The van der Waals surface area contributed by atoms with E-state index < -0.39 is 0 Å². The third-order valence-electron chi connectivity index (χ3n) is 3.89. The third-order valence-corrected chi connectivity index (χ3v) is 5.29. The molecule has 1 aliphatic rings. The molecule has 0 unspecified atom stereocenters. The molecule has 0 saturated heterocycles. The summed E-state index contributed by atoms with van der Waals surface area (Å²) in [6, 6.07) is 14.6. The highest BCUT2D eigenvalue weighted by Crippen LogP contribution is 2.33. The summed E-state index contributed by atoms with van der Waals surface area (Å²) in [5, 5.41) is 12.1. The molecule has 1 aliphatic heterocycles. The van der Waals surface area contributed by atoms with Crippen molar-refractivity contribution in [2.75, 3.05) is 6.79 Å². The summed E-state index contributed by atoms with van der Waals surface area (Å²) in [5.41, 5.74) is 1.92. The molecule has 0 atom stereocenters. The molecule has 2 aromatic carbocycles. The van der Waals surface area contributed by atoms with Gasteiger partial charge in [0.2, 0.25) is 12.6 Å². The number of hydrogen-bond donors (Lipinski definition) is 0. The Kier molecular flexibility index (Phi) is 4.75. The molecule has 4 rings (SSSR count). The minimum Gasteiger partial charge on any atom is -0.454 e. The molecular weight excluding hydrogens is 428 g/mol. The lowest BCUT2D eigenvalue weighted by Crippen LogP contribution is -2.02. The number of carbonyl (C=O) groups excluding carboxylic acids is 1. The van der Waals surface area contributed by atoms with Crippen molar-refractivity contribution in [3.63, 3.8) is 0 Å². The SMILES string of the molecule is N#C/C(=C/c1csc(-c2cccc(Br)c2)n1)C(=O)c1ccc2c(c1)OCO2. The highest BCUT2D eigenvalue weighted by molar-refractivity contribution is 9.10. The number of hydrogen-bond acceptors (Lipinski definition) is 6. The quantitative estimate of drug-likeness (QED) is 0.322. The average Bonchev–Trinajstić information content (AvgIpc) is 3.34. The van der Waals surface area contributed by atoms with Gasteiger partial charge in [-0.25, -0.2) is 4.98 Å². The Balaban J connectivity index is 1.62. The molecule has 2 heterocycles. The van der Waals surface area contributed by atoms with Gasteiger partial charge in [-0.1, -0.05) is 28.1 Å². The van der Waals surface area contributed by atoms with E-state index in [2.05, 4.69) is 20.9 Å². The number of nitriles is 1. The Morgan fingerprint density at radius 2 is 2.07 bits per heavy atom. The van der Waals surface area contributed by atoms with E-state index in [1.54, 1.807) is 18.2 Å². The zero-order valence-corrected chi connectivity index (χ0v) is 16.2. The number of nitrogens with zero attached hydrogens (tertiary/aromatic N) is 2. The zero-order valence-electron chi connectivity index (χ0n) is 13.8. The first-order valence-electron chi connectivity index (χ1n) is 7.91. The zero-order chi connectivity index (χ0) is 18.8. The van der Waals surface area contributed by atoms with Crippen molar-refractivity contribution >= 4 is 39.1 Å². The highest BCUT2D eigenvalue weighted by atomic mass is 79.9. The van der Waals surface area contributed by atoms with E-state index >= 15 is 0 Å². The van der Waals surface area contributed by atoms with Crippen LogP contribution in [-0.2, 0) is 0 Å². The van der Waals surface area contributed by atoms with Gasteiger partial charge in [0.1, 0.15) is 16.6 Å². The van der Waals surface area contributed by atoms with E-state index in [4.69, 9.17) is 9.47 Å². The second-order valence-electron chi connectivity index (χ2n) is 5.65. The summed E-state index contributed by atoms with van der Waals surface area (Å²) in [5.74, 6) is 0.712. The standard InChI is InChI=1S/C20H11BrN2O3S/c21-15-3-1-2-13(6-15)20-23-16(10-27-20)7-14(9-22)19(24)12-4-5-17-18(8-12)26-11-25-17/h1-8,10H,11H2/b14-7-. The number of ether oxygens (including phenoxy) is 2. The van der Waals surface area contributed by atoms with Crippen LogP contribution in [-0.4, -0.2) is 17.6 Å². The first kappa shape index (κ1) is 17.5. The number of thiazole rings is 1. The van der Waals surface area contributed by atoms with Gasteiger partial charge in [0.25, 0.3) is 0 Å². The minimum absolute atomic E-state index is 0.0138. The van der Waals surface area contributed by atoms with Crippen LogP contribution in [0.3, 0.4) is 0 Å². The van der Waals surface area contributed by atoms with Crippen molar-refractivity contribution in [3.05, 3.63) is 69.1 Å². The predicted molar refractivity (Wildman–Crippen MR) is 106 cm³/mol. The van der Waals surface area contributed by atoms with E-state index in [0.29, 0.717) is 22.8 Å². The lowest BCUT2D eigenvalue weighted by Gasteiger charge is -2.01. The van der Waals surface area contributed by atoms with Gasteiger partial charge in [-0.15, -0.1) is 11.3 Å². The number of ketones is 1. The fourth-order valence-electron chi connectivity index (χ4n) is 2.60. The summed E-state index contributed by atoms with van der Waals surface area (Å²) in [7, 11) is 0. The first-order chi connectivity index (χ1) is 13.1. The topological polar surface area (TPSA) is 72.2 Å². The van der Waals surface area contributed by atoms with Crippen molar-refractivity contribution in [3.8, 4) is 28.1 Å². The number of allylic oxidation sites excluding steroid dienone is 1. The van der Waals surface area contributed by atoms with E-state index in [-0.39, 0.29) is 18.1 Å². The molecule has 0 aliphatic carbocycles. The molecule has 3 aromatic rings. The van der Waals surface area contributed by atoms with Crippen LogP contribution in [0.25, 0.3) is 16.6 Å². The fraction of sp³-hybridized carbons (Fsp3) is 0.0500. The summed E-state index contributed by atoms with van der Waals surface area (Å²) in [6.07, 6.45) is 1.50. The molecule has 0 radical (unpaired) electrons. The molecule has 132 valence electrons. The second kappa shape index (κ2) is 7.35. The maximum atomic E-state index is 12.7. The molecule has 1 aromatic heterocycles. The monoisotopic (exact) mass is 438 g/mol. The summed E-state index contributed by atoms with van der Waals surface area (Å²) in [4.78, 5) is 17.2. The normalized spacial score (nSPS) is 12.7. The summed E-state index contributed by atoms with van der Waals surface area (Å²) < 4.78 is 11.5. The Morgan fingerprint density at radius 1 is 1.22 bits per heavy atom. The number of Topliss-reactive ketones (excluding diaryl/α,β-unsaturated/α-hetero) is 1. The number of rotatable bonds is 4. The highest BCUT2D eigenvalue weighted by Gasteiger charge is 2.19. The Labute approximate surface area is 167 Å². The largest absolute Gasteiger partial charge is 0.454 e. The smallest absolute Gasteiger partial charge is 0.231 e. The Bertz CT molecular complexity index is 1110. The third kappa shape index (κ3) is 3.63. The van der Waals surface area contributed by atoms with Gasteiger partial charge in [0.15, 0.2) is 11.5 Å². The van der Waals surface area contributed by atoms with Crippen LogP contribution in [0.4, 0.5) is 0 Å². The molecule has 0 saturated carbocycles. The Hall–Kier alpha value is -2.95. The maximum Gasteiger partial charge on any atom is 0.231 e. The van der Waals surface area contributed by atoms with Crippen molar-refractivity contribution in [2.45, 2.75) is 0 Å². The summed E-state index contributed by atoms with van der Waals surface area (Å²) in [6.45, 7) is 0.130. The fourth-order valence-corrected chi connectivity index (χ4v) is 3.77. The molecule has 0 amide bonds.